The Morgan fingerprint density at radius 2 is 1.90 bits per heavy atom. The van der Waals surface area contributed by atoms with E-state index in [0.29, 0.717) is 19.6 Å². The highest BCUT2D eigenvalue weighted by atomic mass is 19.1. The summed E-state index contributed by atoms with van der Waals surface area (Å²) in [5.74, 6) is -1.45. The first kappa shape index (κ1) is 21.8. The fourth-order valence-corrected chi connectivity index (χ4v) is 3.89. The van der Waals surface area contributed by atoms with Gasteiger partial charge in [-0.1, -0.05) is 19.9 Å². The van der Waals surface area contributed by atoms with Gasteiger partial charge in [0.15, 0.2) is 0 Å². The van der Waals surface area contributed by atoms with Gasteiger partial charge in [-0.2, -0.15) is 0 Å². The van der Waals surface area contributed by atoms with Gasteiger partial charge in [-0.3, -0.25) is 4.79 Å². The van der Waals surface area contributed by atoms with Crippen molar-refractivity contribution in [3.8, 4) is 0 Å². The van der Waals surface area contributed by atoms with Crippen molar-refractivity contribution in [1.82, 2.24) is 19.3 Å². The van der Waals surface area contributed by atoms with Gasteiger partial charge in [-0.25, -0.2) is 13.6 Å². The fraction of sp³-hybridized carbons (Fsp3) is 0.455. The molecule has 30 heavy (non-hydrogen) atoms. The van der Waals surface area contributed by atoms with Gasteiger partial charge < -0.3 is 19.3 Å². The number of rotatable bonds is 5. The highest BCUT2D eigenvalue weighted by Gasteiger charge is 2.35. The molecule has 0 N–H and O–H groups in total. The zero-order valence-corrected chi connectivity index (χ0v) is 17.8. The van der Waals surface area contributed by atoms with E-state index in [4.69, 9.17) is 0 Å². The average molecular weight is 418 g/mol. The predicted molar refractivity (Wildman–Crippen MR) is 110 cm³/mol. The van der Waals surface area contributed by atoms with Crippen LogP contribution in [0.15, 0.2) is 36.5 Å². The van der Waals surface area contributed by atoms with E-state index in [0.717, 1.165) is 11.8 Å². The third-order valence-electron chi connectivity index (χ3n) is 5.18. The maximum absolute atomic E-state index is 14.7. The normalized spacial score (nSPS) is 15.8. The van der Waals surface area contributed by atoms with Crippen LogP contribution in [0.5, 0.6) is 0 Å². The van der Waals surface area contributed by atoms with Gasteiger partial charge in [0.25, 0.3) is 0 Å². The molecule has 1 aromatic heterocycles. The molecule has 0 bridgehead atoms. The molecular formula is C22H28F2N4O2. The number of amides is 3. The molecule has 0 aliphatic carbocycles. The summed E-state index contributed by atoms with van der Waals surface area (Å²) in [5, 5.41) is 0. The van der Waals surface area contributed by atoms with Crippen LogP contribution in [0.1, 0.15) is 31.1 Å². The van der Waals surface area contributed by atoms with Crippen molar-refractivity contribution in [3.05, 3.63) is 59.4 Å². The number of carbonyl (C=O) groups is 2. The first-order chi connectivity index (χ1) is 14.2. The SMILES string of the molecule is CC(C)CN(CC(=O)N1CCn2cccc2[C@@H]1c1ccc(F)cc1F)C(=O)N(C)C. The first-order valence-corrected chi connectivity index (χ1v) is 10.0. The summed E-state index contributed by atoms with van der Waals surface area (Å²) in [5.41, 5.74) is 0.994. The maximum atomic E-state index is 14.7. The Morgan fingerprint density at radius 1 is 1.17 bits per heavy atom. The zero-order chi connectivity index (χ0) is 22.0. The van der Waals surface area contributed by atoms with Gasteiger partial charge in [0.1, 0.15) is 24.2 Å². The molecule has 0 saturated carbocycles. The zero-order valence-electron chi connectivity index (χ0n) is 17.8. The minimum atomic E-state index is -0.698. The van der Waals surface area contributed by atoms with Crippen LogP contribution in [0.2, 0.25) is 0 Å². The van der Waals surface area contributed by atoms with Crippen molar-refractivity contribution in [3.63, 3.8) is 0 Å². The van der Waals surface area contributed by atoms with E-state index in [1.807, 2.05) is 36.7 Å². The molecule has 0 radical (unpaired) electrons. The molecule has 0 spiro atoms. The molecule has 2 aromatic rings. The van der Waals surface area contributed by atoms with E-state index in [1.165, 1.54) is 21.9 Å². The maximum Gasteiger partial charge on any atom is 0.319 e. The van der Waals surface area contributed by atoms with Crippen LogP contribution in [0.3, 0.4) is 0 Å². The second kappa shape index (κ2) is 8.85. The van der Waals surface area contributed by atoms with Crippen LogP contribution in [0.25, 0.3) is 0 Å². The van der Waals surface area contributed by atoms with E-state index in [9.17, 15) is 18.4 Å². The average Bonchev–Trinajstić information content (AvgIpc) is 3.14. The lowest BCUT2D eigenvalue weighted by molar-refractivity contribution is -0.134. The van der Waals surface area contributed by atoms with Gasteiger partial charge >= 0.3 is 6.03 Å². The summed E-state index contributed by atoms with van der Waals surface area (Å²) in [6, 6.07) is 6.17. The van der Waals surface area contributed by atoms with Crippen molar-refractivity contribution >= 4 is 11.9 Å². The highest BCUT2D eigenvalue weighted by molar-refractivity contribution is 5.84. The highest BCUT2D eigenvalue weighted by Crippen LogP contribution is 2.34. The standard InChI is InChI=1S/C22H28F2N4O2/c1-15(2)13-27(22(30)25(3)4)14-20(29)28-11-10-26-9-5-6-19(26)21(28)17-8-7-16(23)12-18(17)24/h5-9,12,15,21H,10-11,13-14H2,1-4H3/t21-/m0/s1. The van der Waals surface area contributed by atoms with Gasteiger partial charge in [0.2, 0.25) is 5.91 Å². The van der Waals surface area contributed by atoms with Crippen LogP contribution >= 0.6 is 0 Å². The summed E-state index contributed by atoms with van der Waals surface area (Å²) in [6.45, 7) is 5.22. The summed E-state index contributed by atoms with van der Waals surface area (Å²) >= 11 is 0. The predicted octanol–water partition coefficient (Wildman–Crippen LogP) is 3.34. The number of hydrogen-bond donors (Lipinski definition) is 0. The van der Waals surface area contributed by atoms with E-state index >= 15 is 0 Å². The Hall–Kier alpha value is -2.90. The van der Waals surface area contributed by atoms with Gasteiger partial charge in [0.05, 0.1) is 0 Å². The van der Waals surface area contributed by atoms with Crippen molar-refractivity contribution in [2.24, 2.45) is 5.92 Å². The van der Waals surface area contributed by atoms with E-state index in [1.54, 1.807) is 19.0 Å². The number of aromatic nitrogens is 1. The Labute approximate surface area is 175 Å². The molecule has 162 valence electrons. The minimum absolute atomic E-state index is 0.102. The number of urea groups is 1. The Balaban J connectivity index is 1.94. The van der Waals surface area contributed by atoms with Crippen LogP contribution in [-0.4, -0.2) is 64.9 Å². The molecule has 3 amide bonds. The fourth-order valence-electron chi connectivity index (χ4n) is 3.89. The topological polar surface area (TPSA) is 48.8 Å². The molecular weight excluding hydrogens is 390 g/mol. The molecule has 0 fully saturated rings. The molecule has 3 rings (SSSR count). The number of benzene rings is 1. The van der Waals surface area contributed by atoms with Crippen LogP contribution in [0, 0.1) is 17.6 Å². The van der Waals surface area contributed by atoms with E-state index < -0.39 is 17.7 Å². The monoisotopic (exact) mass is 418 g/mol. The number of hydrogen-bond acceptors (Lipinski definition) is 2. The molecule has 2 heterocycles. The summed E-state index contributed by atoms with van der Waals surface area (Å²) in [6.07, 6.45) is 1.88. The number of halogens is 2. The third kappa shape index (κ3) is 4.47. The van der Waals surface area contributed by atoms with Crippen molar-refractivity contribution in [1.29, 1.82) is 0 Å². The lowest BCUT2D eigenvalue weighted by Crippen LogP contribution is -2.50. The molecule has 8 heteroatoms. The Bertz CT molecular complexity index is 926. The second-order valence-corrected chi connectivity index (χ2v) is 8.23. The summed E-state index contributed by atoms with van der Waals surface area (Å²) in [4.78, 5) is 30.4. The number of nitrogens with zero attached hydrogens (tertiary/aromatic N) is 4. The third-order valence-corrected chi connectivity index (χ3v) is 5.18. The van der Waals surface area contributed by atoms with Crippen molar-refractivity contribution in [2.75, 3.05) is 33.7 Å². The Kier molecular flexibility index (Phi) is 6.43. The first-order valence-electron chi connectivity index (χ1n) is 10.0. The summed E-state index contributed by atoms with van der Waals surface area (Å²) in [7, 11) is 3.29. The molecule has 1 atom stereocenters. The van der Waals surface area contributed by atoms with Crippen LogP contribution in [-0.2, 0) is 11.3 Å². The second-order valence-electron chi connectivity index (χ2n) is 8.23. The molecule has 1 aromatic carbocycles. The van der Waals surface area contributed by atoms with Gasteiger partial charge in [0, 0.05) is 57.3 Å². The van der Waals surface area contributed by atoms with E-state index in [2.05, 4.69) is 0 Å². The van der Waals surface area contributed by atoms with E-state index in [-0.39, 0.29) is 30.0 Å². The van der Waals surface area contributed by atoms with Crippen molar-refractivity contribution < 1.29 is 18.4 Å². The van der Waals surface area contributed by atoms with Gasteiger partial charge in [-0.15, -0.1) is 0 Å². The molecule has 0 saturated heterocycles. The summed E-state index contributed by atoms with van der Waals surface area (Å²) < 4.78 is 30.1. The quantitative estimate of drug-likeness (QED) is 0.748. The number of carbonyl (C=O) groups excluding carboxylic acids is 2. The van der Waals surface area contributed by atoms with Crippen LogP contribution < -0.4 is 0 Å². The smallest absolute Gasteiger partial charge is 0.319 e. The largest absolute Gasteiger partial charge is 0.348 e. The van der Waals surface area contributed by atoms with Crippen molar-refractivity contribution in [2.45, 2.75) is 26.4 Å². The molecule has 0 unspecified atom stereocenters. The lowest BCUT2D eigenvalue weighted by Gasteiger charge is -2.39. The van der Waals surface area contributed by atoms with Crippen LogP contribution in [0.4, 0.5) is 13.6 Å². The Morgan fingerprint density at radius 3 is 2.53 bits per heavy atom. The van der Waals surface area contributed by atoms with Gasteiger partial charge in [-0.05, 0) is 24.1 Å². The number of fused-ring (bicyclic) bond motifs is 1. The minimum Gasteiger partial charge on any atom is -0.348 e. The molecule has 1 aliphatic rings. The lowest BCUT2D eigenvalue weighted by atomic mass is 9.99. The molecule has 6 nitrogen and oxygen atoms in total. The molecule has 1 aliphatic heterocycles.